The molecule has 0 heterocycles. The lowest BCUT2D eigenvalue weighted by Gasteiger charge is -2.36. The van der Waals surface area contributed by atoms with E-state index in [1.165, 1.54) is 0 Å². The molecule has 0 spiro atoms. The van der Waals surface area contributed by atoms with E-state index in [1.807, 2.05) is 7.05 Å². The van der Waals surface area contributed by atoms with Crippen LogP contribution in [0.4, 0.5) is 0 Å². The van der Waals surface area contributed by atoms with E-state index in [4.69, 9.17) is 5.73 Å². The van der Waals surface area contributed by atoms with E-state index in [1.54, 1.807) is 30.0 Å². The number of hydrogen-bond acceptors (Lipinski definition) is 3. The fraction of sp³-hybridized carbons (Fsp3) is 0.533. The third-order valence-electron chi connectivity index (χ3n) is 4.13. The number of rotatable bonds is 2. The van der Waals surface area contributed by atoms with Crippen molar-refractivity contribution in [3.8, 4) is 5.75 Å². The highest BCUT2D eigenvalue weighted by atomic mass is 16.3. The van der Waals surface area contributed by atoms with Crippen LogP contribution in [0.5, 0.6) is 5.75 Å². The molecule has 0 aromatic heterocycles. The number of phenolic OH excluding ortho intramolecular Hbond substituents is 1. The molecule has 2 unspecified atom stereocenters. The van der Waals surface area contributed by atoms with Gasteiger partial charge in [0.1, 0.15) is 5.75 Å². The van der Waals surface area contributed by atoms with Crippen LogP contribution in [0.2, 0.25) is 0 Å². The lowest BCUT2D eigenvalue weighted by atomic mass is 9.89. The Kier molecular flexibility index (Phi) is 4.10. The molecule has 2 atom stereocenters. The van der Waals surface area contributed by atoms with Gasteiger partial charge in [-0.2, -0.15) is 0 Å². The Labute approximate surface area is 114 Å². The topological polar surface area (TPSA) is 66.6 Å². The summed E-state index contributed by atoms with van der Waals surface area (Å²) in [5.41, 5.74) is 7.30. The highest BCUT2D eigenvalue weighted by molar-refractivity contribution is 5.96. The summed E-state index contributed by atoms with van der Waals surface area (Å²) in [6, 6.07) is 5.20. The van der Waals surface area contributed by atoms with E-state index >= 15 is 0 Å². The Morgan fingerprint density at radius 2 is 2.05 bits per heavy atom. The number of amides is 1. The monoisotopic (exact) mass is 262 g/mol. The van der Waals surface area contributed by atoms with Crippen LogP contribution in [0.3, 0.4) is 0 Å². The number of hydrogen-bond donors (Lipinski definition) is 2. The van der Waals surface area contributed by atoms with Crippen molar-refractivity contribution in [2.45, 2.75) is 44.7 Å². The predicted octanol–water partition coefficient (Wildman–Crippen LogP) is 2.04. The van der Waals surface area contributed by atoms with Crippen molar-refractivity contribution < 1.29 is 9.90 Å². The zero-order valence-corrected chi connectivity index (χ0v) is 11.6. The largest absolute Gasteiger partial charge is 0.508 e. The summed E-state index contributed by atoms with van der Waals surface area (Å²) >= 11 is 0. The molecule has 1 aliphatic carbocycles. The van der Waals surface area contributed by atoms with E-state index in [9.17, 15) is 9.90 Å². The molecule has 1 fully saturated rings. The minimum atomic E-state index is -0.0595. The Balaban J connectivity index is 2.21. The number of benzene rings is 1. The van der Waals surface area contributed by atoms with Crippen molar-refractivity contribution in [1.82, 2.24) is 4.90 Å². The third kappa shape index (κ3) is 2.73. The summed E-state index contributed by atoms with van der Waals surface area (Å²) in [6.45, 7) is 1.76. The van der Waals surface area contributed by atoms with Gasteiger partial charge < -0.3 is 15.7 Å². The SMILES string of the molecule is Cc1c(O)cccc1C(=O)N(C)C1CCCCC1N. The van der Waals surface area contributed by atoms with Gasteiger partial charge in [0.2, 0.25) is 0 Å². The highest BCUT2D eigenvalue weighted by Crippen LogP contribution is 2.25. The zero-order valence-electron chi connectivity index (χ0n) is 11.6. The smallest absolute Gasteiger partial charge is 0.254 e. The van der Waals surface area contributed by atoms with Crippen molar-refractivity contribution in [3.05, 3.63) is 29.3 Å². The molecule has 0 saturated heterocycles. The molecule has 3 N–H and O–H groups in total. The number of carbonyl (C=O) groups is 1. The van der Waals surface area contributed by atoms with Gasteiger partial charge in [0.25, 0.3) is 5.91 Å². The standard InChI is InChI=1S/C15H22N2O2/c1-10-11(6-5-9-14(10)18)15(19)17(2)13-8-4-3-7-12(13)16/h5-6,9,12-13,18H,3-4,7-8,16H2,1-2H3. The van der Waals surface area contributed by atoms with E-state index < -0.39 is 0 Å². The Morgan fingerprint density at radius 1 is 1.37 bits per heavy atom. The van der Waals surface area contributed by atoms with Gasteiger partial charge in [0.15, 0.2) is 0 Å². The Morgan fingerprint density at radius 3 is 2.74 bits per heavy atom. The summed E-state index contributed by atoms with van der Waals surface area (Å²) in [7, 11) is 1.81. The summed E-state index contributed by atoms with van der Waals surface area (Å²) in [5, 5.41) is 9.70. The molecule has 0 radical (unpaired) electrons. The first kappa shape index (κ1) is 13.9. The molecule has 104 valence electrons. The number of carbonyl (C=O) groups excluding carboxylic acids is 1. The van der Waals surface area contributed by atoms with Gasteiger partial charge in [0.05, 0.1) is 0 Å². The fourth-order valence-corrected chi connectivity index (χ4v) is 2.82. The van der Waals surface area contributed by atoms with Gasteiger partial charge in [-0.15, -0.1) is 0 Å². The molecular weight excluding hydrogens is 240 g/mol. The zero-order chi connectivity index (χ0) is 14.0. The predicted molar refractivity (Wildman–Crippen MR) is 75.2 cm³/mol. The second-order valence-electron chi connectivity index (χ2n) is 5.38. The van der Waals surface area contributed by atoms with Crippen LogP contribution in [0, 0.1) is 6.92 Å². The third-order valence-corrected chi connectivity index (χ3v) is 4.13. The van der Waals surface area contributed by atoms with Crippen LogP contribution < -0.4 is 5.73 Å². The van der Waals surface area contributed by atoms with E-state index in [0.29, 0.717) is 11.1 Å². The van der Waals surface area contributed by atoms with Crippen LogP contribution in [-0.2, 0) is 0 Å². The van der Waals surface area contributed by atoms with E-state index in [-0.39, 0.29) is 23.7 Å². The molecule has 1 amide bonds. The summed E-state index contributed by atoms with van der Waals surface area (Å²) < 4.78 is 0. The number of nitrogens with two attached hydrogens (primary N) is 1. The molecule has 4 heteroatoms. The minimum absolute atomic E-state index is 0.0558. The molecule has 4 nitrogen and oxygen atoms in total. The molecule has 0 bridgehead atoms. The van der Waals surface area contributed by atoms with Crippen LogP contribution in [0.25, 0.3) is 0 Å². The lowest BCUT2D eigenvalue weighted by molar-refractivity contribution is 0.0671. The van der Waals surface area contributed by atoms with Crippen LogP contribution >= 0.6 is 0 Å². The number of nitrogens with zero attached hydrogens (tertiary/aromatic N) is 1. The van der Waals surface area contributed by atoms with E-state index in [0.717, 1.165) is 25.7 Å². The first-order chi connectivity index (χ1) is 9.02. The Bertz CT molecular complexity index is 473. The summed E-state index contributed by atoms with van der Waals surface area (Å²) in [5.74, 6) is 0.0999. The highest BCUT2D eigenvalue weighted by Gasteiger charge is 2.29. The molecule has 1 aliphatic rings. The van der Waals surface area contributed by atoms with E-state index in [2.05, 4.69) is 0 Å². The number of aromatic hydroxyl groups is 1. The van der Waals surface area contributed by atoms with Crippen LogP contribution in [0.15, 0.2) is 18.2 Å². The average molecular weight is 262 g/mol. The molecule has 19 heavy (non-hydrogen) atoms. The summed E-state index contributed by atoms with van der Waals surface area (Å²) in [6.07, 6.45) is 4.20. The Hall–Kier alpha value is -1.55. The lowest BCUT2D eigenvalue weighted by Crippen LogP contribution is -2.50. The molecule has 1 saturated carbocycles. The maximum atomic E-state index is 12.5. The van der Waals surface area contributed by atoms with Gasteiger partial charge in [-0.05, 0) is 31.9 Å². The van der Waals surface area contributed by atoms with Crippen molar-refractivity contribution in [1.29, 1.82) is 0 Å². The van der Waals surface area contributed by atoms with Gasteiger partial charge in [-0.25, -0.2) is 0 Å². The van der Waals surface area contributed by atoms with Crippen molar-refractivity contribution in [3.63, 3.8) is 0 Å². The van der Waals surface area contributed by atoms with Crippen molar-refractivity contribution in [2.75, 3.05) is 7.05 Å². The van der Waals surface area contributed by atoms with Crippen LogP contribution in [0.1, 0.15) is 41.6 Å². The van der Waals surface area contributed by atoms with Gasteiger partial charge >= 0.3 is 0 Å². The minimum Gasteiger partial charge on any atom is -0.508 e. The molecule has 1 aromatic rings. The molecule has 2 rings (SSSR count). The van der Waals surface area contributed by atoms with Gasteiger partial charge in [0, 0.05) is 30.3 Å². The van der Waals surface area contributed by atoms with Crippen LogP contribution in [-0.4, -0.2) is 35.0 Å². The fourth-order valence-electron chi connectivity index (χ4n) is 2.82. The molecular formula is C15H22N2O2. The maximum absolute atomic E-state index is 12.5. The second-order valence-corrected chi connectivity index (χ2v) is 5.38. The second kappa shape index (κ2) is 5.61. The quantitative estimate of drug-likeness (QED) is 0.857. The first-order valence-corrected chi connectivity index (χ1v) is 6.83. The molecule has 0 aliphatic heterocycles. The summed E-state index contributed by atoms with van der Waals surface area (Å²) in [4.78, 5) is 14.3. The van der Waals surface area contributed by atoms with Gasteiger partial charge in [-0.3, -0.25) is 4.79 Å². The number of phenols is 1. The van der Waals surface area contributed by atoms with Crippen molar-refractivity contribution >= 4 is 5.91 Å². The first-order valence-electron chi connectivity index (χ1n) is 6.83. The van der Waals surface area contributed by atoms with Crippen molar-refractivity contribution in [2.24, 2.45) is 5.73 Å². The van der Waals surface area contributed by atoms with Gasteiger partial charge in [-0.1, -0.05) is 18.9 Å². The number of likely N-dealkylation sites (N-methyl/N-ethyl adjacent to an activating group) is 1. The normalized spacial score (nSPS) is 23.1. The average Bonchev–Trinajstić information content (AvgIpc) is 2.41. The maximum Gasteiger partial charge on any atom is 0.254 e. The molecule has 1 aromatic carbocycles.